The minimum Gasteiger partial charge on any atom is -0.504 e. The van der Waals surface area contributed by atoms with Crippen molar-refractivity contribution in [3.8, 4) is 17.2 Å². The van der Waals surface area contributed by atoms with Crippen LogP contribution in [0.4, 0.5) is 0 Å². The van der Waals surface area contributed by atoms with Crippen molar-refractivity contribution in [2.24, 2.45) is 5.92 Å². The Balaban J connectivity index is 1.47. The van der Waals surface area contributed by atoms with Crippen LogP contribution < -0.4 is 9.47 Å². The molecule has 1 saturated carbocycles. The van der Waals surface area contributed by atoms with Crippen LogP contribution in [0.5, 0.6) is 17.2 Å². The molecule has 0 aromatic heterocycles. The van der Waals surface area contributed by atoms with Gasteiger partial charge in [-0.3, -0.25) is 4.79 Å². The summed E-state index contributed by atoms with van der Waals surface area (Å²) in [5, 5.41) is 11.5. The molecule has 4 aliphatic rings. The van der Waals surface area contributed by atoms with Crippen molar-refractivity contribution >= 4 is 17.4 Å². The molecule has 156 valence electrons. The number of likely N-dealkylation sites (N-methyl/N-ethyl adjacent to an activating group) is 1. The molecule has 2 heterocycles. The third-order valence-corrected chi connectivity index (χ3v) is 7.99. The number of likely N-dealkylation sites (tertiary alicyclic amines) is 1. The van der Waals surface area contributed by atoms with E-state index in [9.17, 15) is 9.90 Å². The molecule has 30 heavy (non-hydrogen) atoms. The van der Waals surface area contributed by atoms with E-state index in [1.54, 1.807) is 6.07 Å². The monoisotopic (exact) mass is 425 g/mol. The standard InChI is InChI=1S/C24H24ClNO4/c1-26-8-7-24-16-5-6-18(27)23(24)30-22-19(28)11-20(15(21(22)24)10-17(16)26)29-12-13-3-2-4-14(25)9-13/h2-4,9,11,16-17,23,28H,5-8,10,12H2,1H3/t16-,17+,23-,24-/m0/s1. The topological polar surface area (TPSA) is 59.0 Å². The Bertz CT molecular complexity index is 1070. The number of hydrogen-bond donors (Lipinski definition) is 1. The summed E-state index contributed by atoms with van der Waals surface area (Å²) >= 11 is 6.11. The molecule has 6 heteroatoms. The average molecular weight is 426 g/mol. The fourth-order valence-corrected chi connectivity index (χ4v) is 6.70. The molecule has 2 fully saturated rings. The summed E-state index contributed by atoms with van der Waals surface area (Å²) in [4.78, 5) is 15.3. The summed E-state index contributed by atoms with van der Waals surface area (Å²) in [5.74, 6) is 1.80. The molecule has 0 unspecified atom stereocenters. The molecule has 1 spiro atoms. The lowest BCUT2D eigenvalue weighted by Gasteiger charge is -2.57. The van der Waals surface area contributed by atoms with E-state index < -0.39 is 6.10 Å². The predicted molar refractivity (Wildman–Crippen MR) is 112 cm³/mol. The van der Waals surface area contributed by atoms with E-state index >= 15 is 0 Å². The molecule has 5 nitrogen and oxygen atoms in total. The van der Waals surface area contributed by atoms with Gasteiger partial charge in [0.15, 0.2) is 23.4 Å². The molecule has 2 bridgehead atoms. The summed E-state index contributed by atoms with van der Waals surface area (Å²) in [6.45, 7) is 1.30. The number of ketones is 1. The van der Waals surface area contributed by atoms with Crippen LogP contribution >= 0.6 is 11.6 Å². The van der Waals surface area contributed by atoms with E-state index in [0.717, 1.165) is 42.5 Å². The van der Waals surface area contributed by atoms with Crippen LogP contribution in [0.1, 0.15) is 36.0 Å². The molecular weight excluding hydrogens is 402 g/mol. The quantitative estimate of drug-likeness (QED) is 0.809. The first-order valence-electron chi connectivity index (χ1n) is 10.6. The first-order chi connectivity index (χ1) is 14.5. The van der Waals surface area contributed by atoms with Crippen molar-refractivity contribution in [3.05, 3.63) is 52.0 Å². The van der Waals surface area contributed by atoms with Crippen molar-refractivity contribution in [3.63, 3.8) is 0 Å². The Hall–Kier alpha value is -2.24. The number of phenolic OH excluding ortho intramolecular Hbond substituents is 1. The summed E-state index contributed by atoms with van der Waals surface area (Å²) < 4.78 is 12.4. The van der Waals surface area contributed by atoms with Gasteiger partial charge in [0.1, 0.15) is 12.4 Å². The van der Waals surface area contributed by atoms with Crippen LogP contribution in [0.2, 0.25) is 5.02 Å². The molecule has 0 amide bonds. The van der Waals surface area contributed by atoms with Crippen molar-refractivity contribution in [2.45, 2.75) is 49.9 Å². The van der Waals surface area contributed by atoms with Crippen LogP contribution in [-0.2, 0) is 23.2 Å². The summed E-state index contributed by atoms with van der Waals surface area (Å²) in [6.07, 6.45) is 2.69. The highest BCUT2D eigenvalue weighted by atomic mass is 35.5. The lowest BCUT2D eigenvalue weighted by molar-refractivity contribution is -0.138. The number of aromatic hydroxyl groups is 1. The van der Waals surface area contributed by atoms with Gasteiger partial charge in [0.2, 0.25) is 0 Å². The number of phenols is 1. The highest BCUT2D eigenvalue weighted by Crippen LogP contribution is 2.64. The lowest BCUT2D eigenvalue weighted by Crippen LogP contribution is -2.65. The average Bonchev–Trinajstić information content (AvgIpc) is 3.08. The Morgan fingerprint density at radius 3 is 3.07 bits per heavy atom. The van der Waals surface area contributed by atoms with Gasteiger partial charge in [0, 0.05) is 40.1 Å². The number of Topliss-reactive ketones (excluding diaryl/α,β-unsaturated/α-hetero) is 1. The van der Waals surface area contributed by atoms with Crippen molar-refractivity contribution in [1.82, 2.24) is 4.90 Å². The van der Waals surface area contributed by atoms with E-state index in [4.69, 9.17) is 21.1 Å². The molecule has 4 atom stereocenters. The van der Waals surface area contributed by atoms with Crippen LogP contribution in [0.25, 0.3) is 0 Å². The van der Waals surface area contributed by atoms with Gasteiger partial charge >= 0.3 is 0 Å². The van der Waals surface area contributed by atoms with Crippen molar-refractivity contribution in [2.75, 3.05) is 13.6 Å². The summed E-state index contributed by atoms with van der Waals surface area (Å²) in [5.41, 5.74) is 2.77. The molecule has 2 aromatic rings. The molecule has 1 saturated heterocycles. The number of piperidine rings is 1. The zero-order valence-electron chi connectivity index (χ0n) is 16.9. The lowest BCUT2D eigenvalue weighted by atomic mass is 9.51. The van der Waals surface area contributed by atoms with Crippen LogP contribution in [0.3, 0.4) is 0 Å². The number of carbonyl (C=O) groups is 1. The maximum Gasteiger partial charge on any atom is 0.174 e. The molecule has 2 aromatic carbocycles. The Morgan fingerprint density at radius 2 is 2.23 bits per heavy atom. The summed E-state index contributed by atoms with van der Waals surface area (Å²) in [6, 6.07) is 9.61. The zero-order valence-corrected chi connectivity index (χ0v) is 17.6. The molecule has 1 N–H and O–H groups in total. The second-order valence-corrected chi connectivity index (χ2v) is 9.58. The van der Waals surface area contributed by atoms with E-state index in [1.165, 1.54) is 0 Å². The Labute approximate surface area is 180 Å². The summed E-state index contributed by atoms with van der Waals surface area (Å²) in [7, 11) is 2.18. The van der Waals surface area contributed by atoms with E-state index in [-0.39, 0.29) is 16.9 Å². The Kier molecular flexibility index (Phi) is 3.94. The normalized spacial score (nSPS) is 31.3. The molecule has 6 rings (SSSR count). The van der Waals surface area contributed by atoms with Gasteiger partial charge in [-0.1, -0.05) is 23.7 Å². The third kappa shape index (κ3) is 2.36. The largest absolute Gasteiger partial charge is 0.504 e. The van der Waals surface area contributed by atoms with E-state index in [2.05, 4.69) is 11.9 Å². The van der Waals surface area contributed by atoms with Gasteiger partial charge in [-0.15, -0.1) is 0 Å². The first-order valence-corrected chi connectivity index (χ1v) is 11.0. The van der Waals surface area contributed by atoms with Gasteiger partial charge in [0.05, 0.1) is 0 Å². The Morgan fingerprint density at radius 1 is 1.37 bits per heavy atom. The van der Waals surface area contributed by atoms with Crippen molar-refractivity contribution in [1.29, 1.82) is 0 Å². The van der Waals surface area contributed by atoms with Gasteiger partial charge in [-0.25, -0.2) is 0 Å². The molecule has 0 radical (unpaired) electrons. The second kappa shape index (κ2) is 6.38. The number of benzene rings is 2. The predicted octanol–water partition coefficient (Wildman–Crippen LogP) is 3.86. The second-order valence-electron chi connectivity index (χ2n) is 9.15. The third-order valence-electron chi connectivity index (χ3n) is 7.76. The van der Waals surface area contributed by atoms with Gasteiger partial charge < -0.3 is 19.5 Å². The van der Waals surface area contributed by atoms with Crippen LogP contribution in [0, 0.1) is 5.92 Å². The van der Waals surface area contributed by atoms with Crippen molar-refractivity contribution < 1.29 is 19.4 Å². The number of carbonyl (C=O) groups excluding carboxylic acids is 1. The van der Waals surface area contributed by atoms with Crippen LogP contribution in [0.15, 0.2) is 30.3 Å². The van der Waals surface area contributed by atoms with Gasteiger partial charge in [-0.2, -0.15) is 0 Å². The first kappa shape index (κ1) is 18.5. The number of rotatable bonds is 3. The number of halogens is 1. The highest BCUT2D eigenvalue weighted by Gasteiger charge is 2.66. The minimum atomic E-state index is -0.476. The maximum absolute atomic E-state index is 12.9. The van der Waals surface area contributed by atoms with Gasteiger partial charge in [0.25, 0.3) is 0 Å². The fraction of sp³-hybridized carbons (Fsp3) is 0.458. The highest BCUT2D eigenvalue weighted by molar-refractivity contribution is 6.30. The van der Waals surface area contributed by atoms with Crippen LogP contribution in [-0.4, -0.2) is 41.5 Å². The maximum atomic E-state index is 12.9. The number of ether oxygens (including phenoxy) is 2. The molecule has 2 aliphatic heterocycles. The van der Waals surface area contributed by atoms with E-state index in [0.29, 0.717) is 41.5 Å². The fourth-order valence-electron chi connectivity index (χ4n) is 6.49. The van der Waals surface area contributed by atoms with E-state index in [1.807, 2.05) is 24.3 Å². The minimum absolute atomic E-state index is 0.0718. The smallest absolute Gasteiger partial charge is 0.174 e. The SMILES string of the molecule is CN1CC[C@]23c4c5c(OCc6cccc(Cl)c6)cc(O)c4O[C@H]2C(=O)CC[C@H]3[C@H]1C5. The number of nitrogens with zero attached hydrogens (tertiary/aromatic N) is 1. The molecule has 2 aliphatic carbocycles. The molecular formula is C24H24ClNO4. The van der Waals surface area contributed by atoms with Gasteiger partial charge in [-0.05, 0) is 56.5 Å². The zero-order chi connectivity index (χ0) is 20.6. The number of hydrogen-bond acceptors (Lipinski definition) is 5.